The lowest BCUT2D eigenvalue weighted by molar-refractivity contribution is -0.114. The third kappa shape index (κ3) is 4.79. The number of amides is 2. The topological polar surface area (TPSA) is 84.0 Å². The molecule has 6 nitrogen and oxygen atoms in total. The summed E-state index contributed by atoms with van der Waals surface area (Å²) in [5, 5.41) is 6.21. The molecule has 0 radical (unpaired) electrons. The number of nitrogens with zero attached hydrogens (tertiary/aromatic N) is 2. The van der Waals surface area contributed by atoms with Crippen LogP contribution in [0.5, 0.6) is 0 Å². The number of aryl methyl sites for hydroxylation is 1. The van der Waals surface area contributed by atoms with E-state index < -0.39 is 0 Å². The van der Waals surface area contributed by atoms with E-state index in [2.05, 4.69) is 20.6 Å². The number of nitrogens with one attached hydrogen (secondary N) is 2. The first-order valence-electron chi connectivity index (χ1n) is 7.93. The van der Waals surface area contributed by atoms with Crippen LogP contribution in [0.25, 0.3) is 0 Å². The number of benzene rings is 1. The van der Waals surface area contributed by atoms with Crippen LogP contribution in [-0.2, 0) is 4.79 Å². The Hall–Kier alpha value is -2.41. The predicted octanol–water partition coefficient (Wildman–Crippen LogP) is 3.84. The molecule has 0 aliphatic heterocycles. The summed E-state index contributed by atoms with van der Waals surface area (Å²) in [4.78, 5) is 32.7. The number of hydrogen-bond donors (Lipinski definition) is 2. The van der Waals surface area contributed by atoms with Crippen molar-refractivity contribution < 1.29 is 9.59 Å². The summed E-state index contributed by atoms with van der Waals surface area (Å²) >= 11 is 1.43. The van der Waals surface area contributed by atoms with E-state index >= 15 is 0 Å². The zero-order valence-electron chi connectivity index (χ0n) is 15.0. The molecule has 0 saturated carbocycles. The first kappa shape index (κ1) is 18.9. The largest absolute Gasteiger partial charge is 0.326 e. The molecular formula is C18H22N4O2S. The fraction of sp³-hybridized carbons (Fsp3) is 0.333. The van der Waals surface area contributed by atoms with Gasteiger partial charge in [0.25, 0.3) is 5.91 Å². The zero-order valence-corrected chi connectivity index (χ0v) is 15.8. The van der Waals surface area contributed by atoms with Crippen LogP contribution in [-0.4, -0.2) is 28.0 Å². The van der Waals surface area contributed by atoms with Crippen molar-refractivity contribution in [3.8, 4) is 0 Å². The molecule has 2 amide bonds. The Labute approximate surface area is 151 Å². The molecule has 0 aliphatic rings. The van der Waals surface area contributed by atoms with Gasteiger partial charge in [0, 0.05) is 24.2 Å². The number of aromatic nitrogens is 2. The minimum atomic E-state index is -0.246. The maximum absolute atomic E-state index is 12.7. The summed E-state index contributed by atoms with van der Waals surface area (Å²) in [5.41, 5.74) is 2.47. The summed E-state index contributed by atoms with van der Waals surface area (Å²) in [7, 11) is 0. The highest BCUT2D eigenvalue weighted by Gasteiger charge is 2.19. The van der Waals surface area contributed by atoms with Crippen molar-refractivity contribution in [2.75, 3.05) is 16.9 Å². The molecule has 0 bridgehead atoms. The Bertz CT molecular complexity index is 788. The van der Waals surface area contributed by atoms with Gasteiger partial charge in [0.15, 0.2) is 0 Å². The molecule has 1 aromatic heterocycles. The summed E-state index contributed by atoms with van der Waals surface area (Å²) < 4.78 is 0. The normalized spacial score (nSPS) is 10.6. The summed E-state index contributed by atoms with van der Waals surface area (Å²) in [6.45, 7) is 7.32. The van der Waals surface area contributed by atoms with Crippen molar-refractivity contribution in [1.82, 2.24) is 9.97 Å². The van der Waals surface area contributed by atoms with Gasteiger partial charge in [-0.2, -0.15) is 0 Å². The summed E-state index contributed by atoms with van der Waals surface area (Å²) in [5.74, 6) is 0.546. The highest BCUT2D eigenvalue weighted by molar-refractivity contribution is 7.98. The Morgan fingerprint density at radius 2 is 1.60 bits per heavy atom. The van der Waals surface area contributed by atoms with Gasteiger partial charge >= 0.3 is 0 Å². The van der Waals surface area contributed by atoms with Gasteiger partial charge in [-0.05, 0) is 37.4 Å². The highest BCUT2D eigenvalue weighted by atomic mass is 32.2. The lowest BCUT2D eigenvalue weighted by Crippen LogP contribution is -2.18. The van der Waals surface area contributed by atoms with Crippen LogP contribution in [0, 0.1) is 6.92 Å². The first-order chi connectivity index (χ1) is 11.8. The van der Waals surface area contributed by atoms with Crippen LogP contribution in [0.2, 0.25) is 0 Å². The molecule has 0 aliphatic carbocycles. The fourth-order valence-corrected chi connectivity index (χ4v) is 2.90. The minimum Gasteiger partial charge on any atom is -0.326 e. The second kappa shape index (κ2) is 8.11. The molecular weight excluding hydrogens is 336 g/mol. The molecule has 0 unspecified atom stereocenters. The highest BCUT2D eigenvalue weighted by Crippen LogP contribution is 2.24. The van der Waals surface area contributed by atoms with Gasteiger partial charge in [-0.3, -0.25) is 9.59 Å². The molecule has 2 rings (SSSR count). The van der Waals surface area contributed by atoms with Gasteiger partial charge in [0.05, 0.1) is 11.3 Å². The first-order valence-corrected chi connectivity index (χ1v) is 9.15. The van der Waals surface area contributed by atoms with E-state index in [1.54, 1.807) is 24.3 Å². The van der Waals surface area contributed by atoms with E-state index in [4.69, 9.17) is 0 Å². The monoisotopic (exact) mass is 358 g/mol. The molecule has 132 valence electrons. The average molecular weight is 358 g/mol. The molecule has 0 atom stereocenters. The van der Waals surface area contributed by atoms with E-state index in [-0.39, 0.29) is 17.7 Å². The van der Waals surface area contributed by atoms with Gasteiger partial charge in [-0.1, -0.05) is 13.8 Å². The fourth-order valence-electron chi connectivity index (χ4n) is 2.27. The Kier molecular flexibility index (Phi) is 6.14. The van der Waals surface area contributed by atoms with Crippen molar-refractivity contribution in [2.24, 2.45) is 0 Å². The molecule has 25 heavy (non-hydrogen) atoms. The van der Waals surface area contributed by atoms with Gasteiger partial charge in [-0.15, -0.1) is 11.8 Å². The number of carbonyl (C=O) groups is 2. The van der Waals surface area contributed by atoms with Crippen molar-refractivity contribution in [3.05, 3.63) is 41.3 Å². The molecule has 0 spiro atoms. The Morgan fingerprint density at radius 1 is 1.04 bits per heavy atom. The molecule has 0 saturated heterocycles. The summed E-state index contributed by atoms with van der Waals surface area (Å²) in [6.07, 6.45) is 1.89. The van der Waals surface area contributed by atoms with Gasteiger partial charge in [0.1, 0.15) is 10.9 Å². The van der Waals surface area contributed by atoms with Crippen molar-refractivity contribution >= 4 is 35.0 Å². The second-order valence-electron chi connectivity index (χ2n) is 5.92. The smallest absolute Gasteiger partial charge is 0.260 e. The maximum Gasteiger partial charge on any atom is 0.260 e. The molecule has 2 N–H and O–H groups in total. The number of rotatable bonds is 5. The van der Waals surface area contributed by atoms with Gasteiger partial charge in [0.2, 0.25) is 5.91 Å². The van der Waals surface area contributed by atoms with E-state index in [1.807, 2.05) is 27.0 Å². The van der Waals surface area contributed by atoms with E-state index in [9.17, 15) is 9.59 Å². The third-order valence-corrected chi connectivity index (χ3v) is 4.16. The average Bonchev–Trinajstić information content (AvgIpc) is 2.55. The molecule has 1 heterocycles. The van der Waals surface area contributed by atoms with Crippen LogP contribution >= 0.6 is 11.8 Å². The number of hydrogen-bond acceptors (Lipinski definition) is 5. The van der Waals surface area contributed by atoms with E-state index in [1.165, 1.54) is 18.7 Å². The van der Waals surface area contributed by atoms with Gasteiger partial charge in [-0.25, -0.2) is 9.97 Å². The van der Waals surface area contributed by atoms with Gasteiger partial charge < -0.3 is 10.6 Å². The Balaban J connectivity index is 2.24. The number of anilines is 2. The predicted molar refractivity (Wildman–Crippen MR) is 101 cm³/mol. The van der Waals surface area contributed by atoms with Crippen LogP contribution in [0.3, 0.4) is 0 Å². The van der Waals surface area contributed by atoms with Crippen LogP contribution < -0.4 is 10.6 Å². The quantitative estimate of drug-likeness (QED) is 0.627. The standard InChI is InChI=1S/C18H22N4O2S/c1-10(2)16-19-11(3)15(18(22-16)25-5)17(24)21-14-8-6-13(7-9-14)20-12(4)23/h6-10H,1-5H3,(H,20,23)(H,21,24). The summed E-state index contributed by atoms with van der Waals surface area (Å²) in [6, 6.07) is 6.94. The zero-order chi connectivity index (χ0) is 18.6. The number of carbonyl (C=O) groups excluding carboxylic acids is 2. The number of thioether (sulfide) groups is 1. The van der Waals surface area contributed by atoms with E-state index in [0.29, 0.717) is 27.7 Å². The maximum atomic E-state index is 12.7. The van der Waals surface area contributed by atoms with Crippen LogP contribution in [0.15, 0.2) is 29.3 Å². The van der Waals surface area contributed by atoms with Crippen LogP contribution in [0.4, 0.5) is 11.4 Å². The van der Waals surface area contributed by atoms with Crippen molar-refractivity contribution in [2.45, 2.75) is 38.6 Å². The second-order valence-corrected chi connectivity index (χ2v) is 6.71. The van der Waals surface area contributed by atoms with E-state index in [0.717, 1.165) is 5.82 Å². The Morgan fingerprint density at radius 3 is 2.08 bits per heavy atom. The molecule has 0 fully saturated rings. The lowest BCUT2D eigenvalue weighted by atomic mass is 10.1. The SMILES string of the molecule is CSc1nc(C(C)C)nc(C)c1C(=O)Nc1ccc(NC(C)=O)cc1. The molecule has 1 aromatic carbocycles. The molecule has 7 heteroatoms. The molecule has 2 aromatic rings. The third-order valence-electron chi connectivity index (χ3n) is 3.47. The minimum absolute atomic E-state index is 0.139. The van der Waals surface area contributed by atoms with Crippen molar-refractivity contribution in [3.63, 3.8) is 0 Å². The van der Waals surface area contributed by atoms with Crippen molar-refractivity contribution in [1.29, 1.82) is 0 Å². The van der Waals surface area contributed by atoms with Crippen LogP contribution in [0.1, 0.15) is 48.6 Å². The lowest BCUT2D eigenvalue weighted by Gasteiger charge is -2.13.